The zero-order valence-corrected chi connectivity index (χ0v) is 18.4. The van der Waals surface area contributed by atoms with Crippen LogP contribution < -0.4 is 5.32 Å². The van der Waals surface area contributed by atoms with E-state index in [0.717, 1.165) is 23.4 Å². The lowest BCUT2D eigenvalue weighted by atomic mass is 10.1. The van der Waals surface area contributed by atoms with Crippen LogP contribution in [-0.2, 0) is 19.4 Å². The second kappa shape index (κ2) is 7.54. The standard InChI is InChI=1S/C20H23N5O6S/c1-11-17-14(19(27)31-9-16(26)24-6-5-21-20(24)28)8-15(12-2-3-12)22-18(17)25(23-11)13-4-7-32(29,30)10-13/h8,12-13H,2-7,9-10H2,1H3,(H,21,28). The number of rotatable bonds is 5. The Morgan fingerprint density at radius 1 is 1.28 bits per heavy atom. The van der Waals surface area contributed by atoms with Crippen LogP contribution in [0.4, 0.5) is 4.79 Å². The van der Waals surface area contributed by atoms with Gasteiger partial charge < -0.3 is 10.1 Å². The van der Waals surface area contributed by atoms with Gasteiger partial charge in [-0.2, -0.15) is 5.10 Å². The van der Waals surface area contributed by atoms with Crippen molar-refractivity contribution in [3.63, 3.8) is 0 Å². The van der Waals surface area contributed by atoms with Crippen LogP contribution >= 0.6 is 0 Å². The monoisotopic (exact) mass is 461 g/mol. The lowest BCUT2D eigenvalue weighted by molar-refractivity contribution is -0.130. The number of hydrogen-bond acceptors (Lipinski definition) is 8. The number of fused-ring (bicyclic) bond motifs is 1. The number of carbonyl (C=O) groups is 3. The van der Waals surface area contributed by atoms with Gasteiger partial charge in [-0.25, -0.2) is 27.7 Å². The molecule has 2 aromatic heterocycles. The number of aromatic nitrogens is 3. The number of imide groups is 1. The molecule has 1 atom stereocenters. The molecule has 11 nitrogen and oxygen atoms in total. The third-order valence-electron chi connectivity index (χ3n) is 6.11. The van der Waals surface area contributed by atoms with Crippen LogP contribution in [0.15, 0.2) is 6.07 Å². The molecule has 0 spiro atoms. The quantitative estimate of drug-likeness (QED) is 0.641. The van der Waals surface area contributed by atoms with E-state index in [1.165, 1.54) is 0 Å². The zero-order valence-electron chi connectivity index (χ0n) is 17.5. The minimum atomic E-state index is -3.13. The summed E-state index contributed by atoms with van der Waals surface area (Å²) >= 11 is 0. The number of ether oxygens (including phenoxy) is 1. The maximum Gasteiger partial charge on any atom is 0.339 e. The Kier molecular flexibility index (Phi) is 4.91. The molecule has 0 radical (unpaired) electrons. The Bertz CT molecular complexity index is 1250. The minimum absolute atomic E-state index is 0.00919. The summed E-state index contributed by atoms with van der Waals surface area (Å²) in [6.07, 6.45) is 2.36. The zero-order chi connectivity index (χ0) is 22.6. The summed E-state index contributed by atoms with van der Waals surface area (Å²) in [5, 5.41) is 7.55. The van der Waals surface area contributed by atoms with Gasteiger partial charge in [0.25, 0.3) is 5.91 Å². The van der Waals surface area contributed by atoms with Crippen LogP contribution in [-0.4, -0.2) is 77.2 Å². The van der Waals surface area contributed by atoms with Crippen LogP contribution in [0, 0.1) is 6.92 Å². The van der Waals surface area contributed by atoms with E-state index in [-0.39, 0.29) is 35.6 Å². The Labute approximate surface area is 184 Å². The van der Waals surface area contributed by atoms with E-state index in [4.69, 9.17) is 9.72 Å². The molecule has 0 bridgehead atoms. The summed E-state index contributed by atoms with van der Waals surface area (Å²) in [5.41, 5.74) is 1.99. The van der Waals surface area contributed by atoms with Crippen molar-refractivity contribution in [2.24, 2.45) is 0 Å². The predicted molar refractivity (Wildman–Crippen MR) is 112 cm³/mol. The topological polar surface area (TPSA) is 141 Å². The Morgan fingerprint density at radius 3 is 2.69 bits per heavy atom. The number of aryl methyl sites for hydroxylation is 1. The molecule has 2 aromatic rings. The average molecular weight is 462 g/mol. The molecule has 5 rings (SSSR count). The van der Waals surface area contributed by atoms with Crippen LogP contribution in [0.1, 0.15) is 53.0 Å². The van der Waals surface area contributed by atoms with Gasteiger partial charge in [0.05, 0.1) is 34.2 Å². The summed E-state index contributed by atoms with van der Waals surface area (Å²) in [6, 6.07) is 0.842. The Morgan fingerprint density at radius 2 is 2.06 bits per heavy atom. The van der Waals surface area contributed by atoms with E-state index < -0.39 is 34.4 Å². The van der Waals surface area contributed by atoms with Gasteiger partial charge in [-0.15, -0.1) is 0 Å². The first-order chi connectivity index (χ1) is 15.2. The largest absolute Gasteiger partial charge is 0.452 e. The van der Waals surface area contributed by atoms with E-state index in [2.05, 4.69) is 10.4 Å². The van der Waals surface area contributed by atoms with Gasteiger partial charge in [-0.3, -0.25) is 9.69 Å². The highest BCUT2D eigenvalue weighted by Gasteiger charge is 2.34. The first-order valence-electron chi connectivity index (χ1n) is 10.6. The molecule has 3 aliphatic rings. The van der Waals surface area contributed by atoms with Gasteiger partial charge in [0.2, 0.25) is 0 Å². The van der Waals surface area contributed by atoms with E-state index in [1.807, 2.05) is 0 Å². The minimum Gasteiger partial charge on any atom is -0.452 e. The van der Waals surface area contributed by atoms with E-state index in [1.54, 1.807) is 17.7 Å². The fourth-order valence-corrected chi connectivity index (χ4v) is 5.99. The molecule has 1 unspecified atom stereocenters. The molecule has 3 amide bonds. The van der Waals surface area contributed by atoms with Gasteiger partial charge >= 0.3 is 12.0 Å². The van der Waals surface area contributed by atoms with Crippen LogP contribution in [0.3, 0.4) is 0 Å². The molecular formula is C20H23N5O6S. The molecule has 3 fully saturated rings. The van der Waals surface area contributed by atoms with Crippen LogP contribution in [0.2, 0.25) is 0 Å². The predicted octanol–water partition coefficient (Wildman–Crippen LogP) is 0.685. The summed E-state index contributed by atoms with van der Waals surface area (Å²) in [5.74, 6) is -0.970. The maximum atomic E-state index is 13.0. The lowest BCUT2D eigenvalue weighted by Crippen LogP contribution is -2.37. The summed E-state index contributed by atoms with van der Waals surface area (Å²) in [6.45, 7) is 1.78. The van der Waals surface area contributed by atoms with E-state index in [0.29, 0.717) is 29.7 Å². The first-order valence-corrected chi connectivity index (χ1v) is 12.4. The number of urea groups is 1. The van der Waals surface area contributed by atoms with Crippen molar-refractivity contribution < 1.29 is 27.5 Å². The fourth-order valence-electron chi connectivity index (χ4n) is 4.30. The van der Waals surface area contributed by atoms with Gasteiger partial charge in [-0.05, 0) is 32.3 Å². The second-order valence-corrected chi connectivity index (χ2v) is 10.7. The van der Waals surface area contributed by atoms with Gasteiger partial charge in [-0.1, -0.05) is 0 Å². The number of amides is 3. The fraction of sp³-hybridized carbons (Fsp3) is 0.550. The number of pyridine rings is 1. The number of carbonyl (C=O) groups excluding carboxylic acids is 3. The molecule has 1 saturated carbocycles. The molecule has 32 heavy (non-hydrogen) atoms. The number of esters is 1. The Hall–Kier alpha value is -3.02. The number of hydrogen-bond donors (Lipinski definition) is 1. The van der Waals surface area contributed by atoms with E-state index >= 15 is 0 Å². The van der Waals surface area contributed by atoms with Crippen LogP contribution in [0.25, 0.3) is 11.0 Å². The summed E-state index contributed by atoms with van der Waals surface area (Å²) in [4.78, 5) is 42.6. The molecule has 1 aliphatic carbocycles. The average Bonchev–Trinajstić information content (AvgIpc) is 3.30. The Balaban J connectivity index is 1.47. The van der Waals surface area contributed by atoms with Crippen molar-refractivity contribution in [2.75, 3.05) is 31.2 Å². The van der Waals surface area contributed by atoms with Crippen molar-refractivity contribution >= 4 is 38.8 Å². The number of nitrogens with zero attached hydrogens (tertiary/aromatic N) is 4. The van der Waals surface area contributed by atoms with Crippen molar-refractivity contribution in [2.45, 2.75) is 38.1 Å². The molecule has 170 valence electrons. The highest BCUT2D eigenvalue weighted by molar-refractivity contribution is 7.91. The highest BCUT2D eigenvalue weighted by Crippen LogP contribution is 2.41. The SMILES string of the molecule is Cc1nn(C2CCS(=O)(=O)C2)c2nc(C3CC3)cc(C(=O)OCC(=O)N3CCNC3=O)c12. The van der Waals surface area contributed by atoms with Crippen molar-refractivity contribution in [3.8, 4) is 0 Å². The first kappa shape index (κ1) is 20.9. The van der Waals surface area contributed by atoms with Crippen molar-refractivity contribution in [1.29, 1.82) is 0 Å². The molecule has 0 aromatic carbocycles. The molecule has 12 heteroatoms. The van der Waals surface area contributed by atoms with Gasteiger partial charge in [0, 0.05) is 24.7 Å². The molecular weight excluding hydrogens is 438 g/mol. The van der Waals surface area contributed by atoms with Gasteiger partial charge in [0.15, 0.2) is 22.1 Å². The number of nitrogens with one attached hydrogen (secondary N) is 1. The molecule has 2 aliphatic heterocycles. The maximum absolute atomic E-state index is 13.0. The normalized spacial score (nSPS) is 22.3. The van der Waals surface area contributed by atoms with Crippen molar-refractivity contribution in [3.05, 3.63) is 23.0 Å². The smallest absolute Gasteiger partial charge is 0.339 e. The van der Waals surface area contributed by atoms with Crippen molar-refractivity contribution in [1.82, 2.24) is 25.0 Å². The van der Waals surface area contributed by atoms with Gasteiger partial charge in [0.1, 0.15) is 0 Å². The third kappa shape index (κ3) is 3.72. The molecule has 1 N–H and O–H groups in total. The summed E-state index contributed by atoms with van der Waals surface area (Å²) in [7, 11) is -3.13. The molecule has 2 saturated heterocycles. The highest BCUT2D eigenvalue weighted by atomic mass is 32.2. The number of sulfone groups is 1. The molecule has 4 heterocycles. The van der Waals surface area contributed by atoms with Crippen LogP contribution in [0.5, 0.6) is 0 Å². The van der Waals surface area contributed by atoms with E-state index in [9.17, 15) is 22.8 Å². The lowest BCUT2D eigenvalue weighted by Gasteiger charge is -2.13. The second-order valence-electron chi connectivity index (χ2n) is 8.51. The third-order valence-corrected chi connectivity index (χ3v) is 7.86. The summed E-state index contributed by atoms with van der Waals surface area (Å²) < 4.78 is 30.9.